The topological polar surface area (TPSA) is 15.7 Å². The van der Waals surface area contributed by atoms with Crippen LogP contribution in [-0.4, -0.2) is 44.2 Å². The molecule has 0 radical (unpaired) electrons. The van der Waals surface area contributed by atoms with Gasteiger partial charge in [-0.05, 0) is 76.2 Å². The first-order valence-corrected chi connectivity index (χ1v) is 9.89. The quantitative estimate of drug-likeness (QED) is 0.793. The monoisotopic (exact) mass is 330 g/mol. The maximum absolute atomic E-state index is 6.33. The summed E-state index contributed by atoms with van der Waals surface area (Å²) in [6, 6.07) is 5.34. The second-order valence-electron chi connectivity index (χ2n) is 7.54. The lowest BCUT2D eigenvalue weighted by molar-refractivity contribution is 0.219. The maximum atomic E-state index is 6.33. The average molecular weight is 331 g/mol. The number of benzene rings is 1. The highest BCUT2D eigenvalue weighted by molar-refractivity contribution is 5.64. The smallest absolute Gasteiger partial charge is 0.128 e. The number of anilines is 1. The number of fused-ring (bicyclic) bond motifs is 1. The van der Waals surface area contributed by atoms with Gasteiger partial charge in [-0.15, -0.1) is 0 Å². The normalized spacial score (nSPS) is 22.5. The Labute approximate surface area is 148 Å². The molecular formula is C21H34N2O. The Hall–Kier alpha value is -1.22. The maximum Gasteiger partial charge on any atom is 0.128 e. The number of nitrogens with zero attached hydrogens (tertiary/aromatic N) is 2. The third kappa shape index (κ3) is 3.42. The Bertz CT molecular complexity index is 549. The van der Waals surface area contributed by atoms with E-state index in [2.05, 4.69) is 49.8 Å². The fourth-order valence-electron chi connectivity index (χ4n) is 4.25. The van der Waals surface area contributed by atoms with E-state index in [9.17, 15) is 0 Å². The third-order valence-electron chi connectivity index (χ3n) is 6.04. The molecule has 3 heteroatoms. The van der Waals surface area contributed by atoms with Crippen molar-refractivity contribution in [2.45, 2.75) is 64.8 Å². The van der Waals surface area contributed by atoms with Crippen LogP contribution in [0.4, 0.5) is 5.69 Å². The second kappa shape index (κ2) is 7.77. The Morgan fingerprint density at radius 3 is 2.54 bits per heavy atom. The SMILES string of the molecule is CCCOc1c(C2CCN(CC)CC2)ccc2c1CCC(C)N2C. The van der Waals surface area contributed by atoms with Crippen molar-refractivity contribution in [3.05, 3.63) is 23.3 Å². The van der Waals surface area contributed by atoms with E-state index in [0.29, 0.717) is 12.0 Å². The zero-order chi connectivity index (χ0) is 17.1. The molecule has 0 bridgehead atoms. The van der Waals surface area contributed by atoms with E-state index in [4.69, 9.17) is 4.74 Å². The van der Waals surface area contributed by atoms with Gasteiger partial charge in [0.05, 0.1) is 6.61 Å². The zero-order valence-corrected chi connectivity index (χ0v) is 16.0. The molecule has 1 aromatic rings. The summed E-state index contributed by atoms with van der Waals surface area (Å²) < 4.78 is 6.33. The van der Waals surface area contributed by atoms with Gasteiger partial charge in [0.25, 0.3) is 0 Å². The standard InChI is InChI=1S/C21H34N2O/c1-5-15-24-21-18(17-11-13-23(6-2)14-12-17)9-10-20-19(21)8-7-16(3)22(20)4/h9-10,16-17H,5-8,11-15H2,1-4H3. The van der Waals surface area contributed by atoms with Crippen molar-refractivity contribution in [3.8, 4) is 5.75 Å². The van der Waals surface area contributed by atoms with Crippen LogP contribution in [0.25, 0.3) is 0 Å². The van der Waals surface area contributed by atoms with Crippen molar-refractivity contribution in [1.82, 2.24) is 4.90 Å². The first kappa shape index (κ1) is 17.6. The Balaban J connectivity index is 1.91. The van der Waals surface area contributed by atoms with Gasteiger partial charge in [-0.2, -0.15) is 0 Å². The molecule has 1 fully saturated rings. The minimum atomic E-state index is 0.621. The molecular weight excluding hydrogens is 296 g/mol. The predicted molar refractivity (Wildman–Crippen MR) is 103 cm³/mol. The average Bonchev–Trinajstić information content (AvgIpc) is 2.62. The number of piperidine rings is 1. The van der Waals surface area contributed by atoms with Crippen LogP contribution in [0.3, 0.4) is 0 Å². The molecule has 0 amide bonds. The van der Waals surface area contributed by atoms with E-state index in [1.54, 1.807) is 0 Å². The second-order valence-corrected chi connectivity index (χ2v) is 7.54. The molecule has 2 aliphatic rings. The van der Waals surface area contributed by atoms with Crippen LogP contribution in [0.2, 0.25) is 0 Å². The molecule has 2 heterocycles. The van der Waals surface area contributed by atoms with Crippen LogP contribution in [0.5, 0.6) is 5.75 Å². The number of ether oxygens (including phenoxy) is 1. The van der Waals surface area contributed by atoms with Gasteiger partial charge in [-0.3, -0.25) is 0 Å². The Kier molecular flexibility index (Phi) is 5.70. The highest BCUT2D eigenvalue weighted by Crippen LogP contribution is 2.43. The first-order valence-electron chi connectivity index (χ1n) is 9.89. The van der Waals surface area contributed by atoms with Crippen LogP contribution >= 0.6 is 0 Å². The van der Waals surface area contributed by atoms with Crippen LogP contribution in [0.15, 0.2) is 12.1 Å². The summed E-state index contributed by atoms with van der Waals surface area (Å²) in [5.41, 5.74) is 4.31. The molecule has 0 aliphatic carbocycles. The van der Waals surface area contributed by atoms with Gasteiger partial charge in [0.2, 0.25) is 0 Å². The first-order chi connectivity index (χ1) is 11.7. The largest absolute Gasteiger partial charge is 0.493 e. The molecule has 0 spiro atoms. The van der Waals surface area contributed by atoms with Crippen LogP contribution in [0.1, 0.15) is 63.5 Å². The van der Waals surface area contributed by atoms with Crippen molar-refractivity contribution < 1.29 is 4.74 Å². The van der Waals surface area contributed by atoms with E-state index < -0.39 is 0 Å². The van der Waals surface area contributed by atoms with Crippen molar-refractivity contribution in [1.29, 1.82) is 0 Å². The molecule has 0 saturated carbocycles. The van der Waals surface area contributed by atoms with E-state index in [-0.39, 0.29) is 0 Å². The van der Waals surface area contributed by atoms with Gasteiger partial charge >= 0.3 is 0 Å². The Morgan fingerprint density at radius 2 is 1.88 bits per heavy atom. The minimum Gasteiger partial charge on any atom is -0.493 e. The van der Waals surface area contributed by atoms with Gasteiger partial charge in [-0.25, -0.2) is 0 Å². The van der Waals surface area contributed by atoms with E-state index >= 15 is 0 Å². The van der Waals surface area contributed by atoms with E-state index in [1.807, 2.05) is 0 Å². The lowest BCUT2D eigenvalue weighted by Crippen LogP contribution is -2.35. The van der Waals surface area contributed by atoms with Crippen LogP contribution < -0.4 is 9.64 Å². The summed E-state index contributed by atoms with van der Waals surface area (Å²) in [4.78, 5) is 5.00. The molecule has 2 aliphatic heterocycles. The number of hydrogen-bond donors (Lipinski definition) is 0. The molecule has 1 atom stereocenters. The molecule has 0 aromatic heterocycles. The lowest BCUT2D eigenvalue weighted by Gasteiger charge is -2.37. The Morgan fingerprint density at radius 1 is 1.12 bits per heavy atom. The van der Waals surface area contributed by atoms with Crippen molar-refractivity contribution in [2.24, 2.45) is 0 Å². The molecule has 0 N–H and O–H groups in total. The number of hydrogen-bond acceptors (Lipinski definition) is 3. The summed E-state index contributed by atoms with van der Waals surface area (Å²) >= 11 is 0. The van der Waals surface area contributed by atoms with Crippen molar-refractivity contribution in [2.75, 3.05) is 38.2 Å². The summed E-state index contributed by atoms with van der Waals surface area (Å²) in [6.45, 7) is 11.2. The lowest BCUT2D eigenvalue weighted by atomic mass is 9.85. The predicted octanol–water partition coefficient (Wildman–Crippen LogP) is 4.45. The van der Waals surface area contributed by atoms with E-state index in [0.717, 1.165) is 19.4 Å². The van der Waals surface area contributed by atoms with Gasteiger partial charge < -0.3 is 14.5 Å². The van der Waals surface area contributed by atoms with Gasteiger partial charge in [0.1, 0.15) is 5.75 Å². The molecule has 1 saturated heterocycles. The zero-order valence-electron chi connectivity index (χ0n) is 16.0. The van der Waals surface area contributed by atoms with Crippen LogP contribution in [0, 0.1) is 0 Å². The molecule has 134 valence electrons. The number of rotatable bonds is 5. The molecule has 1 unspecified atom stereocenters. The number of likely N-dealkylation sites (tertiary alicyclic amines) is 1. The highest BCUT2D eigenvalue weighted by atomic mass is 16.5. The molecule has 1 aromatic carbocycles. The fourth-order valence-corrected chi connectivity index (χ4v) is 4.25. The summed E-state index contributed by atoms with van der Waals surface area (Å²) in [5.74, 6) is 1.89. The van der Waals surface area contributed by atoms with Crippen LogP contribution in [-0.2, 0) is 6.42 Å². The van der Waals surface area contributed by atoms with Gasteiger partial charge in [0.15, 0.2) is 0 Å². The van der Waals surface area contributed by atoms with Gasteiger partial charge in [0, 0.05) is 24.3 Å². The van der Waals surface area contributed by atoms with Crippen molar-refractivity contribution >= 4 is 5.69 Å². The summed E-state index contributed by atoms with van der Waals surface area (Å²) in [5, 5.41) is 0. The molecule has 3 nitrogen and oxygen atoms in total. The van der Waals surface area contributed by atoms with Crippen molar-refractivity contribution in [3.63, 3.8) is 0 Å². The van der Waals surface area contributed by atoms with Gasteiger partial charge in [-0.1, -0.05) is 19.9 Å². The third-order valence-corrected chi connectivity index (χ3v) is 6.04. The molecule has 3 rings (SSSR count). The summed E-state index contributed by atoms with van der Waals surface area (Å²) in [6.07, 6.45) is 5.98. The minimum absolute atomic E-state index is 0.621. The summed E-state index contributed by atoms with van der Waals surface area (Å²) in [7, 11) is 2.23. The highest BCUT2D eigenvalue weighted by Gasteiger charge is 2.28. The molecule has 24 heavy (non-hydrogen) atoms. The van der Waals surface area contributed by atoms with E-state index in [1.165, 1.54) is 61.5 Å². The fraction of sp³-hybridized carbons (Fsp3) is 0.714.